The third kappa shape index (κ3) is 4.21. The number of rotatable bonds is 5. The molecule has 4 rings (SSSR count). The summed E-state index contributed by atoms with van der Waals surface area (Å²) in [6, 6.07) is 5.83. The average molecular weight is 445 g/mol. The number of hydrogen-bond acceptors (Lipinski definition) is 6. The summed E-state index contributed by atoms with van der Waals surface area (Å²) in [6.07, 6.45) is -1.45. The van der Waals surface area contributed by atoms with Crippen LogP contribution in [0.25, 0.3) is 10.9 Å². The minimum Gasteiger partial charge on any atom is -0.380 e. The van der Waals surface area contributed by atoms with Crippen molar-refractivity contribution < 1.29 is 17.9 Å². The number of methoxy groups -OCH3 is 1. The molecule has 3 aromatic rings. The first-order valence-electron chi connectivity index (χ1n) is 10.5. The van der Waals surface area contributed by atoms with E-state index < -0.39 is 17.8 Å². The Labute approximate surface area is 184 Å². The number of anilines is 2. The summed E-state index contributed by atoms with van der Waals surface area (Å²) >= 11 is 0. The second kappa shape index (κ2) is 8.54. The second-order valence-electron chi connectivity index (χ2n) is 8.20. The molecule has 2 aromatic heterocycles. The zero-order valence-corrected chi connectivity index (χ0v) is 18.5. The van der Waals surface area contributed by atoms with Crippen molar-refractivity contribution in [1.29, 1.82) is 0 Å². The van der Waals surface area contributed by atoms with E-state index in [2.05, 4.69) is 25.4 Å². The molecule has 3 heterocycles. The summed E-state index contributed by atoms with van der Waals surface area (Å²) in [5, 5.41) is 12.5. The highest BCUT2D eigenvalue weighted by molar-refractivity contribution is 5.92. The number of fused-ring (bicyclic) bond motifs is 1. The number of halogens is 3. The van der Waals surface area contributed by atoms with Crippen LogP contribution in [0.5, 0.6) is 0 Å². The van der Waals surface area contributed by atoms with Crippen LogP contribution in [0.4, 0.5) is 24.7 Å². The molecule has 1 aliphatic heterocycles. The van der Waals surface area contributed by atoms with E-state index in [4.69, 9.17) is 4.74 Å². The predicted octanol–water partition coefficient (Wildman–Crippen LogP) is 5.06. The van der Waals surface area contributed by atoms with Gasteiger partial charge in [0.05, 0.1) is 40.8 Å². The van der Waals surface area contributed by atoms with Gasteiger partial charge in [-0.1, -0.05) is 12.1 Å². The fraction of sp³-hybridized carbons (Fsp3) is 0.435. The summed E-state index contributed by atoms with van der Waals surface area (Å²) in [6.45, 7) is 6.80. The summed E-state index contributed by atoms with van der Waals surface area (Å²) in [7, 11) is 1.71. The molecule has 6 nitrogen and oxygen atoms in total. The van der Waals surface area contributed by atoms with Gasteiger partial charge < -0.3 is 15.0 Å². The van der Waals surface area contributed by atoms with Gasteiger partial charge in [0.25, 0.3) is 0 Å². The number of alkyl halides is 3. The molecule has 1 saturated heterocycles. The average Bonchev–Trinajstić information content (AvgIpc) is 3.24. The third-order valence-corrected chi connectivity index (χ3v) is 6.12. The Kier molecular flexibility index (Phi) is 5.94. The van der Waals surface area contributed by atoms with Crippen LogP contribution in [-0.2, 0) is 10.9 Å². The molecule has 1 fully saturated rings. The minimum absolute atomic E-state index is 0.185. The van der Waals surface area contributed by atoms with E-state index in [1.165, 1.54) is 13.0 Å². The number of pyridine rings is 1. The van der Waals surface area contributed by atoms with E-state index in [9.17, 15) is 13.2 Å². The van der Waals surface area contributed by atoms with Crippen LogP contribution >= 0.6 is 0 Å². The number of aromatic nitrogens is 3. The van der Waals surface area contributed by atoms with Crippen molar-refractivity contribution in [3.63, 3.8) is 0 Å². The number of nitrogens with one attached hydrogen (secondary N) is 1. The Balaban J connectivity index is 1.69. The topological polar surface area (TPSA) is 63.2 Å². The highest BCUT2D eigenvalue weighted by Gasteiger charge is 2.33. The zero-order valence-electron chi connectivity index (χ0n) is 18.5. The Hall–Kier alpha value is -2.94. The number of hydrogen-bond donors (Lipinski definition) is 1. The summed E-state index contributed by atoms with van der Waals surface area (Å²) in [5.74, 6) is 0.492. The fourth-order valence-electron chi connectivity index (χ4n) is 4.30. The smallest absolute Gasteiger partial charge is 0.380 e. The Bertz CT molecular complexity index is 1130. The molecule has 32 heavy (non-hydrogen) atoms. The van der Waals surface area contributed by atoms with Crippen molar-refractivity contribution in [1.82, 2.24) is 15.2 Å². The van der Waals surface area contributed by atoms with Crippen LogP contribution < -0.4 is 10.2 Å². The number of ether oxygens (including phenoxy) is 1. The highest BCUT2D eigenvalue weighted by atomic mass is 19.4. The molecular formula is C23H26F3N5O. The van der Waals surface area contributed by atoms with Gasteiger partial charge in [-0.2, -0.15) is 18.3 Å². The summed E-state index contributed by atoms with van der Waals surface area (Å²) in [4.78, 5) is 6.82. The maximum atomic E-state index is 13.4. The molecule has 0 aliphatic carbocycles. The first-order valence-corrected chi connectivity index (χ1v) is 10.5. The predicted molar refractivity (Wildman–Crippen MR) is 118 cm³/mol. The van der Waals surface area contributed by atoms with E-state index in [0.717, 1.165) is 36.7 Å². The van der Waals surface area contributed by atoms with E-state index >= 15 is 0 Å². The molecule has 0 unspecified atom stereocenters. The van der Waals surface area contributed by atoms with Gasteiger partial charge >= 0.3 is 6.18 Å². The van der Waals surface area contributed by atoms with E-state index in [1.54, 1.807) is 13.2 Å². The first-order chi connectivity index (χ1) is 15.2. The molecule has 1 aliphatic rings. The van der Waals surface area contributed by atoms with E-state index in [1.807, 2.05) is 26.1 Å². The Morgan fingerprint density at radius 2 is 2.00 bits per heavy atom. The van der Waals surface area contributed by atoms with Crippen molar-refractivity contribution in [3.05, 3.63) is 52.8 Å². The van der Waals surface area contributed by atoms with Gasteiger partial charge in [0.1, 0.15) is 0 Å². The molecule has 1 N–H and O–H groups in total. The van der Waals surface area contributed by atoms with E-state index in [0.29, 0.717) is 22.6 Å². The van der Waals surface area contributed by atoms with Crippen LogP contribution in [0.15, 0.2) is 30.5 Å². The normalized spacial score (nSPS) is 17.7. The molecule has 2 atom stereocenters. The fourth-order valence-corrected chi connectivity index (χ4v) is 4.30. The van der Waals surface area contributed by atoms with Crippen molar-refractivity contribution in [2.24, 2.45) is 0 Å². The maximum absolute atomic E-state index is 13.4. The van der Waals surface area contributed by atoms with Crippen molar-refractivity contribution in [3.8, 4) is 0 Å². The van der Waals surface area contributed by atoms with Gasteiger partial charge in [-0.3, -0.25) is 4.98 Å². The van der Waals surface area contributed by atoms with Crippen molar-refractivity contribution >= 4 is 22.4 Å². The van der Waals surface area contributed by atoms with Crippen LogP contribution in [0.2, 0.25) is 0 Å². The maximum Gasteiger partial charge on any atom is 0.416 e. The summed E-state index contributed by atoms with van der Waals surface area (Å²) < 4.78 is 45.5. The SMILES string of the molecule is CO[C@H]1CCN(c2cnc3c(C)nnc(N[C@H](C)c4cccc(C(F)(F)F)c4C)c3c2)C1. The van der Waals surface area contributed by atoms with Gasteiger partial charge in [0, 0.05) is 25.6 Å². The standard InChI is InChI=1S/C23H26F3N5O/c1-13-18(6-5-7-20(13)23(24,25)26)14(2)28-22-19-10-16(31-9-8-17(12-31)32-4)11-27-21(19)15(3)29-30-22/h5-7,10-11,14,17H,8-9,12H2,1-4H3,(H,28,30)/t14-,17+/m1/s1. The molecule has 0 radical (unpaired) electrons. The van der Waals surface area contributed by atoms with Crippen molar-refractivity contribution in [2.75, 3.05) is 30.4 Å². The van der Waals surface area contributed by atoms with Crippen LogP contribution in [0, 0.1) is 13.8 Å². The molecule has 0 bridgehead atoms. The quantitative estimate of drug-likeness (QED) is 0.592. The van der Waals surface area contributed by atoms with Gasteiger partial charge in [-0.15, -0.1) is 5.10 Å². The molecular weight excluding hydrogens is 419 g/mol. The molecule has 9 heteroatoms. The molecule has 1 aromatic carbocycles. The number of nitrogens with zero attached hydrogens (tertiary/aromatic N) is 4. The van der Waals surface area contributed by atoms with Gasteiger partial charge in [-0.25, -0.2) is 0 Å². The van der Waals surface area contributed by atoms with Crippen LogP contribution in [0.1, 0.15) is 41.8 Å². The van der Waals surface area contributed by atoms with Crippen LogP contribution in [0.3, 0.4) is 0 Å². The monoisotopic (exact) mass is 445 g/mol. The molecule has 0 spiro atoms. The van der Waals surface area contributed by atoms with Crippen LogP contribution in [-0.4, -0.2) is 41.5 Å². The molecule has 0 saturated carbocycles. The van der Waals surface area contributed by atoms with E-state index in [-0.39, 0.29) is 11.7 Å². The van der Waals surface area contributed by atoms with Gasteiger partial charge in [0.15, 0.2) is 5.82 Å². The largest absolute Gasteiger partial charge is 0.416 e. The third-order valence-electron chi connectivity index (χ3n) is 6.12. The lowest BCUT2D eigenvalue weighted by atomic mass is 9.97. The van der Waals surface area contributed by atoms with Gasteiger partial charge in [-0.05, 0) is 50.5 Å². The second-order valence-corrected chi connectivity index (χ2v) is 8.20. The van der Waals surface area contributed by atoms with Gasteiger partial charge in [0.2, 0.25) is 0 Å². The van der Waals surface area contributed by atoms with Crippen molar-refractivity contribution in [2.45, 2.75) is 45.5 Å². The highest BCUT2D eigenvalue weighted by Crippen LogP contribution is 2.36. The number of benzene rings is 1. The summed E-state index contributed by atoms with van der Waals surface area (Å²) in [5.41, 5.74) is 2.48. The lowest BCUT2D eigenvalue weighted by Crippen LogP contribution is -2.22. The zero-order chi connectivity index (χ0) is 23.0. The molecule has 0 amide bonds. The number of aryl methyl sites for hydroxylation is 1. The Morgan fingerprint density at radius 1 is 1.22 bits per heavy atom. The minimum atomic E-state index is -4.40. The first kappa shape index (κ1) is 22.3. The lowest BCUT2D eigenvalue weighted by molar-refractivity contribution is -0.138. The molecule has 170 valence electrons. The lowest BCUT2D eigenvalue weighted by Gasteiger charge is -2.22. The Morgan fingerprint density at radius 3 is 2.69 bits per heavy atom.